The molecule has 0 aliphatic carbocycles. The molecule has 0 fully saturated rings. The average Bonchev–Trinajstić information content (AvgIpc) is 3.07. The molecule has 1 atom stereocenters. The summed E-state index contributed by atoms with van der Waals surface area (Å²) >= 11 is 0. The van der Waals surface area contributed by atoms with Crippen LogP contribution in [0.15, 0.2) is 77.7 Å². The van der Waals surface area contributed by atoms with Crippen LogP contribution in [0.25, 0.3) is 21.8 Å². The predicted octanol–water partition coefficient (Wildman–Crippen LogP) is 4.36. The monoisotopic (exact) mass is 450 g/mol. The van der Waals surface area contributed by atoms with Gasteiger partial charge in [0.25, 0.3) is 0 Å². The lowest BCUT2D eigenvalue weighted by Gasteiger charge is -2.25. The van der Waals surface area contributed by atoms with Crippen molar-refractivity contribution in [3.05, 3.63) is 78.4 Å². The Morgan fingerprint density at radius 1 is 0.938 bits per heavy atom. The molecule has 32 heavy (non-hydrogen) atoms. The number of para-hydroxylation sites is 2. The van der Waals surface area contributed by atoms with E-state index in [4.69, 9.17) is 4.74 Å². The van der Waals surface area contributed by atoms with E-state index in [-0.39, 0.29) is 11.4 Å². The minimum Gasteiger partial charge on any atom is -0.459 e. The number of aryl methyl sites for hydroxylation is 1. The number of ether oxygens (including phenoxy) is 1. The molecule has 0 saturated heterocycles. The summed E-state index contributed by atoms with van der Waals surface area (Å²) in [5, 5.41) is 2.20. The molecule has 3 aromatic carbocycles. The van der Waals surface area contributed by atoms with Crippen molar-refractivity contribution in [2.24, 2.45) is 0 Å². The van der Waals surface area contributed by atoms with Gasteiger partial charge in [0.1, 0.15) is 6.10 Å². The van der Waals surface area contributed by atoms with E-state index in [0.29, 0.717) is 6.54 Å². The summed E-state index contributed by atoms with van der Waals surface area (Å²) < 4.78 is 35.1. The minimum absolute atomic E-state index is 0.0383. The molecule has 1 unspecified atom stereocenters. The Morgan fingerprint density at radius 2 is 1.47 bits per heavy atom. The Balaban J connectivity index is 1.68. The van der Waals surface area contributed by atoms with E-state index in [1.165, 1.54) is 18.3 Å². The Morgan fingerprint density at radius 3 is 2.00 bits per heavy atom. The zero-order valence-corrected chi connectivity index (χ0v) is 19.2. The molecule has 7 heteroatoms. The Hall–Kier alpha value is -3.16. The highest BCUT2D eigenvalue weighted by atomic mass is 32.2. The number of sulfonamides is 1. The van der Waals surface area contributed by atoms with Crippen molar-refractivity contribution < 1.29 is 17.9 Å². The van der Waals surface area contributed by atoms with E-state index < -0.39 is 22.1 Å². The van der Waals surface area contributed by atoms with Gasteiger partial charge in [0, 0.05) is 35.8 Å². The van der Waals surface area contributed by atoms with Gasteiger partial charge in [0.2, 0.25) is 10.0 Å². The number of benzene rings is 3. The van der Waals surface area contributed by atoms with Crippen LogP contribution in [0.4, 0.5) is 0 Å². The summed E-state index contributed by atoms with van der Waals surface area (Å²) in [6, 6.07) is 22.8. The highest BCUT2D eigenvalue weighted by Crippen LogP contribution is 2.29. The summed E-state index contributed by atoms with van der Waals surface area (Å²) in [6.07, 6.45) is -0.656. The van der Waals surface area contributed by atoms with Crippen LogP contribution in [0.5, 0.6) is 0 Å². The van der Waals surface area contributed by atoms with Crippen LogP contribution in [0, 0.1) is 6.92 Å². The number of likely N-dealkylation sites (N-methyl/N-ethyl adjacent to an activating group) is 1. The maximum atomic E-state index is 13.1. The maximum Gasteiger partial charge on any atom is 0.303 e. The second kappa shape index (κ2) is 8.76. The summed E-state index contributed by atoms with van der Waals surface area (Å²) in [6.45, 7) is 3.62. The van der Waals surface area contributed by atoms with Crippen molar-refractivity contribution >= 4 is 37.8 Å². The molecule has 0 aliphatic heterocycles. The van der Waals surface area contributed by atoms with Crippen LogP contribution in [0.2, 0.25) is 0 Å². The van der Waals surface area contributed by atoms with E-state index in [0.717, 1.165) is 27.4 Å². The second-order valence-electron chi connectivity index (χ2n) is 7.97. The zero-order chi connectivity index (χ0) is 22.9. The van der Waals surface area contributed by atoms with Gasteiger partial charge in [-0.05, 0) is 31.2 Å². The maximum absolute atomic E-state index is 13.1. The first kappa shape index (κ1) is 22.0. The Labute approximate surface area is 188 Å². The third-order valence-electron chi connectivity index (χ3n) is 5.59. The molecule has 0 N–H and O–H groups in total. The van der Waals surface area contributed by atoms with Gasteiger partial charge in [0.05, 0.1) is 18.0 Å². The fraction of sp³-hybridized carbons (Fsp3) is 0.240. The fourth-order valence-corrected chi connectivity index (χ4v) is 5.25. The topological polar surface area (TPSA) is 68.6 Å². The first-order valence-corrected chi connectivity index (χ1v) is 11.9. The highest BCUT2D eigenvalue weighted by Gasteiger charge is 2.26. The molecular weight excluding hydrogens is 424 g/mol. The largest absolute Gasteiger partial charge is 0.459 e. The molecule has 4 aromatic rings. The summed E-state index contributed by atoms with van der Waals surface area (Å²) in [5.74, 6) is -0.447. The summed E-state index contributed by atoms with van der Waals surface area (Å²) in [7, 11) is -2.21. The molecule has 166 valence electrons. The smallest absolute Gasteiger partial charge is 0.303 e. The van der Waals surface area contributed by atoms with Crippen molar-refractivity contribution in [3.8, 4) is 0 Å². The predicted molar refractivity (Wildman–Crippen MR) is 126 cm³/mol. The van der Waals surface area contributed by atoms with Crippen LogP contribution in [-0.2, 0) is 26.1 Å². The van der Waals surface area contributed by atoms with Crippen LogP contribution < -0.4 is 0 Å². The third kappa shape index (κ3) is 4.26. The normalized spacial score (nSPS) is 13.0. The number of carbonyl (C=O) groups is 1. The number of aromatic nitrogens is 1. The van der Waals surface area contributed by atoms with E-state index in [2.05, 4.69) is 16.7 Å². The third-order valence-corrected chi connectivity index (χ3v) is 7.43. The standard InChI is InChI=1S/C25H26N2O4S/c1-18-12-14-21(15-13-18)32(29,30)26(3)16-20(31-19(2)28)17-27-24-10-6-4-8-22(24)23-9-5-7-11-25(23)27/h4-15,20H,16-17H2,1-3H3. The van der Waals surface area contributed by atoms with Crippen molar-refractivity contribution in [3.63, 3.8) is 0 Å². The molecule has 0 aliphatic rings. The quantitative estimate of drug-likeness (QED) is 0.393. The van der Waals surface area contributed by atoms with Crippen molar-refractivity contribution in [1.82, 2.24) is 8.87 Å². The van der Waals surface area contributed by atoms with E-state index in [1.54, 1.807) is 24.3 Å². The number of rotatable bonds is 7. The van der Waals surface area contributed by atoms with Gasteiger partial charge in [-0.1, -0.05) is 54.1 Å². The number of hydrogen-bond acceptors (Lipinski definition) is 4. The number of fused-ring (bicyclic) bond motifs is 3. The summed E-state index contributed by atoms with van der Waals surface area (Å²) in [5.41, 5.74) is 3.00. The zero-order valence-electron chi connectivity index (χ0n) is 18.4. The van der Waals surface area contributed by atoms with Gasteiger partial charge in [-0.3, -0.25) is 4.79 Å². The molecule has 1 aromatic heterocycles. The molecule has 0 spiro atoms. The highest BCUT2D eigenvalue weighted by molar-refractivity contribution is 7.89. The molecule has 0 saturated carbocycles. The minimum atomic E-state index is -3.72. The molecule has 0 amide bonds. The van der Waals surface area contributed by atoms with Gasteiger partial charge < -0.3 is 9.30 Å². The lowest BCUT2D eigenvalue weighted by molar-refractivity contribution is -0.147. The Bertz CT molecular complexity index is 1320. The van der Waals surface area contributed by atoms with Gasteiger partial charge in [-0.15, -0.1) is 0 Å². The number of nitrogens with zero attached hydrogens (tertiary/aromatic N) is 2. The first-order valence-electron chi connectivity index (χ1n) is 10.4. The SMILES string of the molecule is CC(=O)OC(CN(C)S(=O)(=O)c1ccc(C)cc1)Cn1c2ccccc2c2ccccc21. The van der Waals surface area contributed by atoms with Gasteiger partial charge in [0.15, 0.2) is 0 Å². The van der Waals surface area contributed by atoms with E-state index in [1.807, 2.05) is 43.3 Å². The van der Waals surface area contributed by atoms with Crippen LogP contribution in [0.1, 0.15) is 12.5 Å². The fourth-order valence-electron chi connectivity index (χ4n) is 4.05. The molecule has 0 bridgehead atoms. The first-order chi connectivity index (χ1) is 15.3. The van der Waals surface area contributed by atoms with Crippen LogP contribution in [-0.4, -0.2) is 43.0 Å². The summed E-state index contributed by atoms with van der Waals surface area (Å²) in [4.78, 5) is 12.1. The van der Waals surface area contributed by atoms with Crippen molar-refractivity contribution in [1.29, 1.82) is 0 Å². The number of esters is 1. The van der Waals surface area contributed by atoms with Crippen LogP contribution >= 0.6 is 0 Å². The average molecular weight is 451 g/mol. The molecule has 6 nitrogen and oxygen atoms in total. The molecule has 1 heterocycles. The lowest BCUT2D eigenvalue weighted by atomic mass is 10.2. The van der Waals surface area contributed by atoms with E-state index in [9.17, 15) is 13.2 Å². The molecule has 4 rings (SSSR count). The lowest BCUT2D eigenvalue weighted by Crippen LogP contribution is -2.38. The van der Waals surface area contributed by atoms with Gasteiger partial charge in [-0.25, -0.2) is 8.42 Å². The Kier molecular flexibility index (Phi) is 6.04. The second-order valence-corrected chi connectivity index (χ2v) is 10.0. The van der Waals surface area contributed by atoms with Crippen LogP contribution in [0.3, 0.4) is 0 Å². The van der Waals surface area contributed by atoms with Crippen molar-refractivity contribution in [2.45, 2.75) is 31.4 Å². The molecular formula is C25H26N2O4S. The van der Waals surface area contributed by atoms with E-state index >= 15 is 0 Å². The van der Waals surface area contributed by atoms with Crippen molar-refractivity contribution in [2.75, 3.05) is 13.6 Å². The number of carbonyl (C=O) groups excluding carboxylic acids is 1. The molecule has 0 radical (unpaired) electrons. The van der Waals surface area contributed by atoms with Gasteiger partial charge >= 0.3 is 5.97 Å². The van der Waals surface area contributed by atoms with Gasteiger partial charge in [-0.2, -0.15) is 4.31 Å². The number of hydrogen-bond donors (Lipinski definition) is 0.